The average molecular weight is 293 g/mol. The normalized spacial score (nSPS) is 20.4. The molecule has 1 fully saturated rings. The molecule has 84 valence electrons. The Morgan fingerprint density at radius 3 is 2.80 bits per heavy atom. The van der Waals surface area contributed by atoms with Gasteiger partial charge in [0.25, 0.3) is 0 Å². The fraction of sp³-hybridized carbons (Fsp3) is 0.600. The highest BCUT2D eigenvalue weighted by atomic mass is 79.9. The Kier molecular flexibility index (Phi) is 4.13. The van der Waals surface area contributed by atoms with Crippen molar-refractivity contribution in [1.29, 1.82) is 0 Å². The molecule has 0 amide bonds. The van der Waals surface area contributed by atoms with Crippen LogP contribution in [0, 0.1) is 0 Å². The maximum atomic E-state index is 13.1. The Labute approximate surface area is 102 Å². The van der Waals surface area contributed by atoms with Crippen molar-refractivity contribution in [3.05, 3.63) is 20.8 Å². The average Bonchev–Trinajstić information content (AvgIpc) is 2.68. The van der Waals surface area contributed by atoms with Crippen molar-refractivity contribution < 1.29 is 4.39 Å². The molecule has 2 heterocycles. The van der Waals surface area contributed by atoms with Crippen LogP contribution in [0.5, 0.6) is 0 Å². The molecule has 2 nitrogen and oxygen atoms in total. The van der Waals surface area contributed by atoms with Crippen molar-refractivity contribution in [2.24, 2.45) is 0 Å². The van der Waals surface area contributed by atoms with Crippen LogP contribution in [-0.4, -0.2) is 37.8 Å². The molecular weight excluding hydrogens is 279 g/mol. The Hall–Kier alpha value is 0.0300. The molecular formula is C10H14BrFN2S. The molecule has 0 aromatic carbocycles. The summed E-state index contributed by atoms with van der Waals surface area (Å²) in [5.74, 6) is 0. The van der Waals surface area contributed by atoms with Crippen LogP contribution in [0.15, 0.2) is 15.9 Å². The van der Waals surface area contributed by atoms with Gasteiger partial charge in [-0.25, -0.2) is 4.39 Å². The lowest BCUT2D eigenvalue weighted by molar-refractivity contribution is 0.150. The lowest BCUT2D eigenvalue weighted by Crippen LogP contribution is -2.45. The summed E-state index contributed by atoms with van der Waals surface area (Å²) in [5.41, 5.74) is 0. The van der Waals surface area contributed by atoms with Crippen LogP contribution in [0.2, 0.25) is 0 Å². The summed E-state index contributed by atoms with van der Waals surface area (Å²) in [6.07, 6.45) is 0. The van der Waals surface area contributed by atoms with Crippen molar-refractivity contribution in [3.63, 3.8) is 0 Å². The molecule has 1 aromatic rings. The maximum Gasteiger partial charge on any atom is 0.110 e. The van der Waals surface area contributed by atoms with Gasteiger partial charge in [0.15, 0.2) is 0 Å². The van der Waals surface area contributed by atoms with Crippen molar-refractivity contribution in [1.82, 2.24) is 10.2 Å². The number of rotatable bonds is 3. The summed E-state index contributed by atoms with van der Waals surface area (Å²) in [4.78, 5) is 3.33. The van der Waals surface area contributed by atoms with E-state index in [0.29, 0.717) is 0 Å². The van der Waals surface area contributed by atoms with Crippen LogP contribution < -0.4 is 5.32 Å². The predicted octanol–water partition coefficient (Wildman–Crippen LogP) is 2.43. The van der Waals surface area contributed by atoms with E-state index in [-0.39, 0.29) is 12.7 Å². The fourth-order valence-electron chi connectivity index (χ4n) is 1.85. The standard InChI is InChI=1S/C10H14BrFN2S/c11-8-5-10(15-7-8)9(6-12)14-3-1-13-2-4-14/h5,7,9,13H,1-4,6H2/t9-/m1/s1. The van der Waals surface area contributed by atoms with Gasteiger partial charge in [-0.05, 0) is 22.0 Å². The lowest BCUT2D eigenvalue weighted by Gasteiger charge is -2.32. The number of halogens is 2. The van der Waals surface area contributed by atoms with E-state index in [9.17, 15) is 4.39 Å². The van der Waals surface area contributed by atoms with E-state index in [1.165, 1.54) is 0 Å². The summed E-state index contributed by atoms with van der Waals surface area (Å²) in [7, 11) is 0. The molecule has 0 unspecified atom stereocenters. The fourth-order valence-corrected chi connectivity index (χ4v) is 3.41. The predicted molar refractivity (Wildman–Crippen MR) is 65.2 cm³/mol. The zero-order valence-corrected chi connectivity index (χ0v) is 10.8. The Balaban J connectivity index is 2.08. The van der Waals surface area contributed by atoms with Crippen molar-refractivity contribution in [2.45, 2.75) is 6.04 Å². The topological polar surface area (TPSA) is 15.3 Å². The smallest absolute Gasteiger partial charge is 0.110 e. The molecule has 2 rings (SSSR count). The first-order chi connectivity index (χ1) is 7.31. The van der Waals surface area contributed by atoms with E-state index in [1.54, 1.807) is 11.3 Å². The van der Waals surface area contributed by atoms with Gasteiger partial charge >= 0.3 is 0 Å². The van der Waals surface area contributed by atoms with E-state index < -0.39 is 0 Å². The molecule has 1 aliphatic heterocycles. The Morgan fingerprint density at radius 1 is 1.53 bits per heavy atom. The monoisotopic (exact) mass is 292 g/mol. The summed E-state index contributed by atoms with van der Waals surface area (Å²) < 4.78 is 14.1. The molecule has 0 aliphatic carbocycles. The summed E-state index contributed by atoms with van der Waals surface area (Å²) >= 11 is 5.04. The first-order valence-electron chi connectivity index (χ1n) is 5.06. The zero-order chi connectivity index (χ0) is 10.7. The molecule has 1 atom stereocenters. The highest BCUT2D eigenvalue weighted by molar-refractivity contribution is 9.10. The first-order valence-corrected chi connectivity index (χ1v) is 6.73. The number of nitrogens with one attached hydrogen (secondary N) is 1. The molecule has 5 heteroatoms. The molecule has 0 radical (unpaired) electrons. The van der Waals surface area contributed by atoms with Gasteiger partial charge in [0.05, 0.1) is 6.04 Å². The largest absolute Gasteiger partial charge is 0.314 e. The van der Waals surface area contributed by atoms with Crippen LogP contribution >= 0.6 is 27.3 Å². The van der Waals surface area contributed by atoms with E-state index in [0.717, 1.165) is 35.5 Å². The number of hydrogen-bond donors (Lipinski definition) is 1. The van der Waals surface area contributed by atoms with E-state index >= 15 is 0 Å². The third-order valence-electron chi connectivity index (χ3n) is 2.65. The van der Waals surface area contributed by atoms with E-state index in [2.05, 4.69) is 26.1 Å². The van der Waals surface area contributed by atoms with Crippen LogP contribution in [0.25, 0.3) is 0 Å². The molecule has 1 aromatic heterocycles. The highest BCUT2D eigenvalue weighted by Gasteiger charge is 2.23. The maximum absolute atomic E-state index is 13.1. The summed E-state index contributed by atoms with van der Waals surface area (Å²) in [6.45, 7) is 3.49. The highest BCUT2D eigenvalue weighted by Crippen LogP contribution is 2.29. The van der Waals surface area contributed by atoms with E-state index in [1.807, 2.05) is 11.4 Å². The minimum absolute atomic E-state index is 0.0524. The summed E-state index contributed by atoms with van der Waals surface area (Å²) in [5, 5.41) is 5.29. The zero-order valence-electron chi connectivity index (χ0n) is 8.38. The molecule has 1 aliphatic rings. The second kappa shape index (κ2) is 5.39. The number of alkyl halides is 1. The second-order valence-electron chi connectivity index (χ2n) is 3.62. The van der Waals surface area contributed by atoms with Crippen LogP contribution in [0.3, 0.4) is 0 Å². The van der Waals surface area contributed by atoms with Gasteiger partial charge in [-0.3, -0.25) is 4.90 Å². The van der Waals surface area contributed by atoms with Gasteiger partial charge in [0, 0.05) is 40.9 Å². The first kappa shape index (κ1) is 11.5. The van der Waals surface area contributed by atoms with Gasteiger partial charge in [-0.15, -0.1) is 11.3 Å². The lowest BCUT2D eigenvalue weighted by atomic mass is 10.2. The van der Waals surface area contributed by atoms with Crippen LogP contribution in [0.4, 0.5) is 4.39 Å². The van der Waals surface area contributed by atoms with Crippen molar-refractivity contribution in [2.75, 3.05) is 32.9 Å². The van der Waals surface area contributed by atoms with Gasteiger partial charge in [0.2, 0.25) is 0 Å². The number of piperazine rings is 1. The second-order valence-corrected chi connectivity index (χ2v) is 5.48. The molecule has 1 saturated heterocycles. The SMILES string of the molecule is FC[C@H](c1cc(Br)cs1)N1CCNCC1. The van der Waals surface area contributed by atoms with Gasteiger partial charge in [0.1, 0.15) is 6.67 Å². The summed E-state index contributed by atoms with van der Waals surface area (Å²) in [6, 6.07) is 1.97. The molecule has 0 spiro atoms. The third-order valence-corrected chi connectivity index (χ3v) is 4.45. The van der Waals surface area contributed by atoms with Crippen LogP contribution in [0.1, 0.15) is 10.9 Å². The van der Waals surface area contributed by atoms with Crippen molar-refractivity contribution >= 4 is 27.3 Å². The number of thiophene rings is 1. The third kappa shape index (κ3) is 2.78. The van der Waals surface area contributed by atoms with Crippen molar-refractivity contribution in [3.8, 4) is 0 Å². The minimum Gasteiger partial charge on any atom is -0.314 e. The van der Waals surface area contributed by atoms with Crippen LogP contribution in [-0.2, 0) is 0 Å². The molecule has 15 heavy (non-hydrogen) atoms. The molecule has 0 saturated carbocycles. The molecule has 1 N–H and O–H groups in total. The van der Waals surface area contributed by atoms with Gasteiger partial charge in [-0.2, -0.15) is 0 Å². The van der Waals surface area contributed by atoms with E-state index in [4.69, 9.17) is 0 Å². The number of nitrogens with zero attached hydrogens (tertiary/aromatic N) is 1. The van der Waals surface area contributed by atoms with Gasteiger partial charge < -0.3 is 5.32 Å². The molecule has 0 bridgehead atoms. The quantitative estimate of drug-likeness (QED) is 0.921. The van der Waals surface area contributed by atoms with Gasteiger partial charge in [-0.1, -0.05) is 0 Å². The minimum atomic E-state index is -0.299. The Bertz CT molecular complexity index is 312. The Morgan fingerprint density at radius 2 is 2.27 bits per heavy atom. The number of hydrogen-bond acceptors (Lipinski definition) is 3.